The lowest BCUT2D eigenvalue weighted by molar-refractivity contribution is 0.229. The van der Waals surface area contributed by atoms with Gasteiger partial charge in [0.05, 0.1) is 6.61 Å². The molecule has 2 aromatic rings. The molecule has 0 saturated heterocycles. The molecule has 3 rings (SSSR count). The van der Waals surface area contributed by atoms with Crippen LogP contribution in [0.4, 0.5) is 0 Å². The average molecular weight is 245 g/mol. The Hall–Kier alpha value is -1.88. The molecule has 0 fully saturated rings. The molecular weight excluding hydrogens is 230 g/mol. The van der Waals surface area contributed by atoms with E-state index in [0.29, 0.717) is 31.2 Å². The van der Waals surface area contributed by atoms with Crippen molar-refractivity contribution in [2.75, 3.05) is 6.61 Å². The van der Waals surface area contributed by atoms with Crippen LogP contribution < -0.4 is 10.5 Å². The number of rotatable bonds is 2. The van der Waals surface area contributed by atoms with Gasteiger partial charge in [0.15, 0.2) is 5.82 Å². The smallest absolute Gasteiger partial charge is 0.226 e. The maximum Gasteiger partial charge on any atom is 0.226 e. The van der Waals surface area contributed by atoms with Gasteiger partial charge in [0.2, 0.25) is 5.89 Å². The van der Waals surface area contributed by atoms with Gasteiger partial charge in [-0.25, -0.2) is 0 Å². The summed E-state index contributed by atoms with van der Waals surface area (Å²) in [5.41, 5.74) is 6.69. The summed E-state index contributed by atoms with van der Waals surface area (Å²) in [7, 11) is 0. The average Bonchev–Trinajstić information content (AvgIpc) is 2.89. The van der Waals surface area contributed by atoms with Crippen molar-refractivity contribution in [2.45, 2.75) is 25.3 Å². The fraction of sp³-hybridized carbons (Fsp3) is 0.385. The molecule has 1 aliphatic rings. The van der Waals surface area contributed by atoms with Crippen molar-refractivity contribution >= 4 is 0 Å². The normalized spacial score (nSPS) is 22.3. The van der Waals surface area contributed by atoms with Crippen LogP contribution in [0.2, 0.25) is 0 Å². The van der Waals surface area contributed by atoms with Crippen molar-refractivity contribution in [2.24, 2.45) is 5.73 Å². The number of para-hydroxylation sites is 1. The topological polar surface area (TPSA) is 74.2 Å². The summed E-state index contributed by atoms with van der Waals surface area (Å²) in [6.07, 6.45) is 1.36. The molecule has 1 aromatic heterocycles. The van der Waals surface area contributed by atoms with Crippen molar-refractivity contribution in [3.05, 3.63) is 41.5 Å². The van der Waals surface area contributed by atoms with Gasteiger partial charge >= 0.3 is 0 Å². The standard InChI is InChI=1S/C13H15N3O2/c1-2-11-15-12(16-18-11)13(14)7-8-17-10-6-4-3-5-9(10)13/h3-6H,2,7-8,14H2,1H3. The SMILES string of the molecule is CCc1nc(C2(N)CCOc3ccccc32)no1. The second-order valence-electron chi connectivity index (χ2n) is 4.43. The summed E-state index contributed by atoms with van der Waals surface area (Å²) in [4.78, 5) is 4.36. The first-order valence-electron chi connectivity index (χ1n) is 6.08. The minimum absolute atomic E-state index is 0.537. The van der Waals surface area contributed by atoms with Gasteiger partial charge in [0, 0.05) is 18.4 Å². The van der Waals surface area contributed by atoms with Crippen LogP contribution in [0, 0.1) is 0 Å². The number of aryl methyl sites for hydroxylation is 1. The predicted octanol–water partition coefficient (Wildman–Crippen LogP) is 1.62. The number of ether oxygens (including phenoxy) is 1. The highest BCUT2D eigenvalue weighted by Crippen LogP contribution is 2.38. The van der Waals surface area contributed by atoms with Gasteiger partial charge < -0.3 is 15.0 Å². The zero-order valence-corrected chi connectivity index (χ0v) is 10.2. The van der Waals surface area contributed by atoms with Crippen LogP contribution in [0.5, 0.6) is 5.75 Å². The summed E-state index contributed by atoms with van der Waals surface area (Å²) >= 11 is 0. The van der Waals surface area contributed by atoms with E-state index in [1.807, 2.05) is 31.2 Å². The van der Waals surface area contributed by atoms with Crippen molar-refractivity contribution in [3.63, 3.8) is 0 Å². The summed E-state index contributed by atoms with van der Waals surface area (Å²) < 4.78 is 10.8. The number of benzene rings is 1. The number of nitrogens with zero attached hydrogens (tertiary/aromatic N) is 2. The number of hydrogen-bond donors (Lipinski definition) is 1. The van der Waals surface area contributed by atoms with Crippen molar-refractivity contribution in [1.82, 2.24) is 10.1 Å². The Morgan fingerprint density at radius 1 is 1.39 bits per heavy atom. The van der Waals surface area contributed by atoms with Gasteiger partial charge in [-0.15, -0.1) is 0 Å². The van der Waals surface area contributed by atoms with E-state index in [0.717, 1.165) is 11.3 Å². The Morgan fingerprint density at radius 2 is 2.22 bits per heavy atom. The summed E-state index contributed by atoms with van der Waals surface area (Å²) in [5.74, 6) is 1.95. The lowest BCUT2D eigenvalue weighted by Crippen LogP contribution is -2.43. The third kappa shape index (κ3) is 1.59. The molecule has 5 heteroatoms. The molecule has 0 spiro atoms. The summed E-state index contributed by atoms with van der Waals surface area (Å²) in [6, 6.07) is 7.74. The van der Waals surface area contributed by atoms with Gasteiger partial charge in [0.25, 0.3) is 0 Å². The molecule has 0 amide bonds. The number of fused-ring (bicyclic) bond motifs is 1. The van der Waals surface area contributed by atoms with Gasteiger partial charge in [0.1, 0.15) is 11.3 Å². The highest BCUT2D eigenvalue weighted by Gasteiger charge is 2.39. The molecule has 94 valence electrons. The molecule has 0 saturated carbocycles. The Morgan fingerprint density at radius 3 is 3.00 bits per heavy atom. The van der Waals surface area contributed by atoms with Crippen LogP contribution in [0.25, 0.3) is 0 Å². The molecule has 1 unspecified atom stereocenters. The van der Waals surface area contributed by atoms with Crippen LogP contribution >= 0.6 is 0 Å². The molecule has 1 aliphatic heterocycles. The minimum Gasteiger partial charge on any atom is -0.493 e. The molecule has 5 nitrogen and oxygen atoms in total. The highest BCUT2D eigenvalue weighted by atomic mass is 16.5. The van der Waals surface area contributed by atoms with E-state index < -0.39 is 5.54 Å². The summed E-state index contributed by atoms with van der Waals surface area (Å²) in [6.45, 7) is 2.53. The molecule has 0 bridgehead atoms. The molecule has 2 N–H and O–H groups in total. The second-order valence-corrected chi connectivity index (χ2v) is 4.43. The van der Waals surface area contributed by atoms with Gasteiger partial charge in [-0.1, -0.05) is 30.3 Å². The quantitative estimate of drug-likeness (QED) is 0.870. The van der Waals surface area contributed by atoms with Crippen molar-refractivity contribution < 1.29 is 9.26 Å². The second kappa shape index (κ2) is 4.10. The van der Waals surface area contributed by atoms with Gasteiger partial charge in [-0.05, 0) is 6.07 Å². The molecule has 0 radical (unpaired) electrons. The Bertz CT molecular complexity index is 567. The number of aromatic nitrogens is 2. The molecular formula is C13H15N3O2. The Labute approximate surface area is 105 Å². The first-order chi connectivity index (χ1) is 8.74. The van der Waals surface area contributed by atoms with E-state index >= 15 is 0 Å². The van der Waals surface area contributed by atoms with Crippen LogP contribution in [0.1, 0.15) is 30.6 Å². The van der Waals surface area contributed by atoms with E-state index in [4.69, 9.17) is 15.0 Å². The highest BCUT2D eigenvalue weighted by molar-refractivity contribution is 5.44. The molecule has 0 aliphatic carbocycles. The van der Waals surface area contributed by atoms with Crippen LogP contribution in [0.3, 0.4) is 0 Å². The first-order valence-corrected chi connectivity index (χ1v) is 6.08. The molecule has 18 heavy (non-hydrogen) atoms. The number of nitrogens with two attached hydrogens (primary N) is 1. The fourth-order valence-electron chi connectivity index (χ4n) is 2.23. The van der Waals surface area contributed by atoms with E-state index in [1.54, 1.807) is 0 Å². The first kappa shape index (κ1) is 11.2. The Kier molecular flexibility index (Phi) is 2.56. The zero-order chi connectivity index (χ0) is 12.6. The van der Waals surface area contributed by atoms with Crippen molar-refractivity contribution in [1.29, 1.82) is 0 Å². The maximum atomic E-state index is 6.50. The third-order valence-electron chi connectivity index (χ3n) is 3.29. The van der Waals surface area contributed by atoms with E-state index in [2.05, 4.69) is 10.1 Å². The van der Waals surface area contributed by atoms with Gasteiger partial charge in [-0.2, -0.15) is 4.98 Å². The molecule has 2 heterocycles. The lowest BCUT2D eigenvalue weighted by atomic mass is 9.85. The zero-order valence-electron chi connectivity index (χ0n) is 10.2. The van der Waals surface area contributed by atoms with Crippen LogP contribution in [-0.4, -0.2) is 16.7 Å². The summed E-state index contributed by atoms with van der Waals surface area (Å²) in [5, 5.41) is 4.01. The predicted molar refractivity (Wildman–Crippen MR) is 65.2 cm³/mol. The third-order valence-corrected chi connectivity index (χ3v) is 3.29. The van der Waals surface area contributed by atoms with Crippen molar-refractivity contribution in [3.8, 4) is 5.75 Å². The van der Waals surface area contributed by atoms with E-state index in [-0.39, 0.29) is 0 Å². The van der Waals surface area contributed by atoms with Crippen LogP contribution in [-0.2, 0) is 12.0 Å². The lowest BCUT2D eigenvalue weighted by Gasteiger charge is -2.32. The van der Waals surface area contributed by atoms with E-state index in [9.17, 15) is 0 Å². The van der Waals surface area contributed by atoms with E-state index in [1.165, 1.54) is 0 Å². The largest absolute Gasteiger partial charge is 0.493 e. The van der Waals surface area contributed by atoms with Crippen LogP contribution in [0.15, 0.2) is 28.8 Å². The number of hydrogen-bond acceptors (Lipinski definition) is 5. The Balaban J connectivity index is 2.10. The monoisotopic (exact) mass is 245 g/mol. The maximum absolute atomic E-state index is 6.50. The fourth-order valence-corrected chi connectivity index (χ4v) is 2.23. The minimum atomic E-state index is -0.717. The molecule has 1 atom stereocenters. The van der Waals surface area contributed by atoms with Gasteiger partial charge in [-0.3, -0.25) is 0 Å². The molecule has 1 aromatic carbocycles.